The Labute approximate surface area is 488 Å². The molecule has 0 N–H and O–H groups in total. The van der Waals surface area contributed by atoms with Crippen LogP contribution in [-0.4, -0.2) is 136 Å². The maximum Gasteiger partial charge on any atom is 0.340 e. The van der Waals surface area contributed by atoms with E-state index < -0.39 is 35.8 Å². The highest BCUT2D eigenvalue weighted by atomic mass is 16.5. The van der Waals surface area contributed by atoms with E-state index in [-0.39, 0.29) is 33.4 Å². The van der Waals surface area contributed by atoms with Gasteiger partial charge in [-0.05, 0) is 94.6 Å². The van der Waals surface area contributed by atoms with E-state index in [4.69, 9.17) is 56.8 Å². The molecule has 0 saturated carbocycles. The van der Waals surface area contributed by atoms with Crippen molar-refractivity contribution in [2.45, 2.75) is 41.5 Å². The summed E-state index contributed by atoms with van der Waals surface area (Å²) in [5.74, 6) is 0.169. The maximum atomic E-state index is 12.4. The molecule has 0 amide bonds. The summed E-state index contributed by atoms with van der Waals surface area (Å²) in [6.07, 6.45) is 10.2. The zero-order valence-corrected chi connectivity index (χ0v) is 50.4. The number of aromatic nitrogens is 3. The minimum atomic E-state index is -0.585. The fraction of sp³-hybridized carbons (Fsp3) is 0.286. The Morgan fingerprint density at radius 1 is 0.262 bits per heavy atom. The van der Waals surface area contributed by atoms with Crippen molar-refractivity contribution in [1.82, 2.24) is 15.0 Å². The molecule has 0 spiro atoms. The topological polar surface area (TPSA) is 252 Å². The molecule has 3 heterocycles. The lowest BCUT2D eigenvalue weighted by Crippen LogP contribution is -2.16. The molecule has 0 radical (unpaired) electrons. The lowest BCUT2D eigenvalue weighted by atomic mass is 9.97. The smallest absolute Gasteiger partial charge is 0.340 e. The molecule has 0 aliphatic carbocycles. The Kier molecular flexibility index (Phi) is 24.7. The summed E-state index contributed by atoms with van der Waals surface area (Å²) >= 11 is 0. The van der Waals surface area contributed by atoms with E-state index in [9.17, 15) is 28.8 Å². The summed E-state index contributed by atoms with van der Waals surface area (Å²) in [7, 11) is 17.0. The van der Waals surface area contributed by atoms with Gasteiger partial charge in [-0.15, -0.1) is 0 Å². The van der Waals surface area contributed by atoms with E-state index in [1.807, 2.05) is 0 Å². The number of methoxy groups -OCH3 is 12. The molecule has 0 atom stereocenters. The lowest BCUT2D eigenvalue weighted by Gasteiger charge is -2.14. The van der Waals surface area contributed by atoms with Gasteiger partial charge in [-0.1, -0.05) is 36.5 Å². The summed E-state index contributed by atoms with van der Waals surface area (Å²) in [5, 5.41) is 0. The van der Waals surface area contributed by atoms with Gasteiger partial charge >= 0.3 is 35.8 Å². The van der Waals surface area contributed by atoms with Crippen LogP contribution in [0.25, 0.3) is 36.5 Å². The molecule has 3 aromatic heterocycles. The molecule has 444 valence electrons. The van der Waals surface area contributed by atoms with Gasteiger partial charge in [0, 0.05) is 34.9 Å². The van der Waals surface area contributed by atoms with Crippen LogP contribution in [0.15, 0.2) is 54.6 Å². The van der Waals surface area contributed by atoms with Crippen LogP contribution in [-0.2, 0) is 28.4 Å². The summed E-state index contributed by atoms with van der Waals surface area (Å²) in [4.78, 5) is 87.0. The molecule has 0 aliphatic rings. The van der Waals surface area contributed by atoms with Crippen molar-refractivity contribution in [3.63, 3.8) is 0 Å². The highest BCUT2D eigenvalue weighted by Gasteiger charge is 2.28. The Bertz CT molecular complexity index is 2980. The first-order chi connectivity index (χ1) is 40.1. The summed E-state index contributed by atoms with van der Waals surface area (Å²) in [6.45, 7) is 10.1. The third-order valence-electron chi connectivity index (χ3n) is 12.6. The molecule has 0 unspecified atom stereocenters. The van der Waals surface area contributed by atoms with Gasteiger partial charge in [-0.2, -0.15) is 0 Å². The second-order valence-corrected chi connectivity index (χ2v) is 17.7. The third-order valence-corrected chi connectivity index (χ3v) is 12.6. The summed E-state index contributed by atoms with van der Waals surface area (Å²) in [6, 6.07) is 16.1. The summed E-state index contributed by atoms with van der Waals surface area (Å²) in [5.41, 5.74) is 7.42. The van der Waals surface area contributed by atoms with Crippen LogP contribution < -0.4 is 28.4 Å². The van der Waals surface area contributed by atoms with Gasteiger partial charge in [0.05, 0.1) is 153 Å². The second kappa shape index (κ2) is 31.2. The lowest BCUT2D eigenvalue weighted by molar-refractivity contribution is 0.0578. The number of esters is 6. The third kappa shape index (κ3) is 16.3. The Hall–Kier alpha value is -10.1. The number of ether oxygens (including phenoxy) is 12. The first-order valence-electron chi connectivity index (χ1n) is 25.3. The molecule has 6 aromatic rings. The van der Waals surface area contributed by atoms with Crippen LogP contribution in [0.3, 0.4) is 0 Å². The molecule has 0 fully saturated rings. The molecular formula is C63H69N3O18. The first kappa shape index (κ1) is 66.5. The van der Waals surface area contributed by atoms with E-state index in [2.05, 4.69) is 15.0 Å². The number of nitrogens with zero attached hydrogens (tertiary/aromatic N) is 3. The number of hydrogen-bond acceptors (Lipinski definition) is 21. The van der Waals surface area contributed by atoms with Gasteiger partial charge in [0.15, 0.2) is 0 Å². The monoisotopic (exact) mass is 1160 g/mol. The van der Waals surface area contributed by atoms with Crippen molar-refractivity contribution in [3.05, 3.63) is 156 Å². The fourth-order valence-corrected chi connectivity index (χ4v) is 8.61. The average molecular weight is 1160 g/mol. The second-order valence-electron chi connectivity index (χ2n) is 17.7. The van der Waals surface area contributed by atoms with Gasteiger partial charge < -0.3 is 56.8 Å². The van der Waals surface area contributed by atoms with E-state index in [1.54, 1.807) is 175 Å². The minimum absolute atomic E-state index is 0.208. The van der Waals surface area contributed by atoms with Gasteiger partial charge in [0.2, 0.25) is 0 Å². The predicted molar refractivity (Wildman–Crippen MR) is 315 cm³/mol. The maximum absolute atomic E-state index is 12.4. The van der Waals surface area contributed by atoms with Crippen molar-refractivity contribution in [2.24, 2.45) is 0 Å². The number of aryl methyl sites for hydroxylation is 6. The van der Waals surface area contributed by atoms with E-state index >= 15 is 0 Å². The average Bonchev–Trinajstić information content (AvgIpc) is 2.48. The Morgan fingerprint density at radius 3 is 0.548 bits per heavy atom. The van der Waals surface area contributed by atoms with Crippen LogP contribution in [0.2, 0.25) is 0 Å². The van der Waals surface area contributed by atoms with Crippen LogP contribution in [0, 0.1) is 41.5 Å². The van der Waals surface area contributed by atoms with Gasteiger partial charge in [-0.3, -0.25) is 15.0 Å². The Morgan fingerprint density at radius 2 is 0.417 bits per heavy atom. The van der Waals surface area contributed by atoms with Crippen molar-refractivity contribution in [1.29, 1.82) is 0 Å². The van der Waals surface area contributed by atoms with Crippen LogP contribution in [0.4, 0.5) is 0 Å². The van der Waals surface area contributed by atoms with Crippen molar-refractivity contribution < 1.29 is 85.6 Å². The fourth-order valence-electron chi connectivity index (χ4n) is 8.61. The highest BCUT2D eigenvalue weighted by molar-refractivity contribution is 6.06. The zero-order valence-electron chi connectivity index (χ0n) is 50.4. The van der Waals surface area contributed by atoms with Crippen LogP contribution in [0.1, 0.15) is 130 Å². The SMILES string of the molecule is COC(=O)c1c(C)nc(C)c(C(=O)OC)c1/C=C/c1cc(OC)cc(OC)c1.COC(=O)c1c(C)nc(C)c(C(=O)OC)c1/C=C/c1cc(OC)cc(OC)c1.COC(=O)c1c(C)nc(C)c(C(=O)OC)c1/C=C/c1cc(OC)cc(OC)c1. The predicted octanol–water partition coefficient (Wildman–Crippen LogP) is 10.4. The number of rotatable bonds is 18. The number of carbonyl (C=O) groups is 6. The van der Waals surface area contributed by atoms with Gasteiger partial charge in [-0.25, -0.2) is 28.8 Å². The molecular weight excluding hydrogens is 1090 g/mol. The number of benzene rings is 3. The van der Waals surface area contributed by atoms with E-state index in [0.29, 0.717) is 85.4 Å². The molecule has 0 bridgehead atoms. The van der Waals surface area contributed by atoms with Crippen molar-refractivity contribution in [3.8, 4) is 34.5 Å². The van der Waals surface area contributed by atoms with Crippen molar-refractivity contribution in [2.75, 3.05) is 85.3 Å². The van der Waals surface area contributed by atoms with Gasteiger partial charge in [0.1, 0.15) is 34.5 Å². The largest absolute Gasteiger partial charge is 0.497 e. The zero-order chi connectivity index (χ0) is 62.5. The molecule has 6 rings (SSSR count). The summed E-state index contributed by atoms with van der Waals surface area (Å²) < 4.78 is 61.0. The quantitative estimate of drug-likeness (QED) is 0.0573. The number of carbonyl (C=O) groups excluding carboxylic acids is 6. The van der Waals surface area contributed by atoms with Crippen LogP contribution in [0.5, 0.6) is 34.5 Å². The van der Waals surface area contributed by atoms with Crippen molar-refractivity contribution >= 4 is 72.3 Å². The standard InChI is InChI=1S/3C21H23NO6/c3*1-12-18(20(23)27-5)17(19(13(2)22-12)21(24)28-6)8-7-14-9-15(25-3)11-16(10-14)26-4/h3*7-11H,1-6H3/b3*8-7+. The van der Waals surface area contributed by atoms with E-state index in [0.717, 1.165) is 16.7 Å². The minimum Gasteiger partial charge on any atom is -0.497 e. The van der Waals surface area contributed by atoms with Gasteiger partial charge in [0.25, 0.3) is 0 Å². The molecule has 21 nitrogen and oxygen atoms in total. The molecule has 21 heteroatoms. The molecule has 84 heavy (non-hydrogen) atoms. The number of pyridine rings is 3. The highest BCUT2D eigenvalue weighted by Crippen LogP contribution is 2.31. The molecule has 3 aromatic carbocycles. The number of hydrogen-bond donors (Lipinski definition) is 0. The normalized spacial score (nSPS) is 10.6. The first-order valence-corrected chi connectivity index (χ1v) is 25.3. The van der Waals surface area contributed by atoms with E-state index in [1.165, 1.54) is 42.7 Å². The Balaban J connectivity index is 0.000000270. The molecule has 0 aliphatic heterocycles. The molecule has 0 saturated heterocycles. The van der Waals surface area contributed by atoms with Crippen LogP contribution >= 0.6 is 0 Å².